The lowest BCUT2D eigenvalue weighted by Gasteiger charge is -2.26. The lowest BCUT2D eigenvalue weighted by Crippen LogP contribution is -2.49. The number of carbonyl (C=O) groups excluding carboxylic acids is 4. The fourth-order valence-electron chi connectivity index (χ4n) is 5.00. The van der Waals surface area contributed by atoms with Gasteiger partial charge in [-0.2, -0.15) is 0 Å². The van der Waals surface area contributed by atoms with E-state index in [4.69, 9.17) is 14.2 Å². The summed E-state index contributed by atoms with van der Waals surface area (Å²) in [4.78, 5) is 52.0. The molecule has 9 heteroatoms. The van der Waals surface area contributed by atoms with Crippen molar-refractivity contribution < 1.29 is 33.4 Å². The maximum absolute atomic E-state index is 13.6. The molecule has 0 spiro atoms. The Bertz CT molecular complexity index is 968. The zero-order valence-electron chi connectivity index (χ0n) is 23.0. The second kappa shape index (κ2) is 13.8. The van der Waals surface area contributed by atoms with Crippen LogP contribution in [0.5, 0.6) is 5.75 Å². The second-order valence-corrected chi connectivity index (χ2v) is 10.7. The summed E-state index contributed by atoms with van der Waals surface area (Å²) < 4.78 is 15.7. The monoisotopic (exact) mass is 530 g/mol. The Morgan fingerprint density at radius 3 is 2.34 bits per heavy atom. The highest BCUT2D eigenvalue weighted by molar-refractivity contribution is 5.98. The number of ether oxygens (including phenoxy) is 3. The van der Waals surface area contributed by atoms with Crippen molar-refractivity contribution in [2.75, 3.05) is 26.9 Å². The van der Waals surface area contributed by atoms with Crippen LogP contribution in [0.3, 0.4) is 0 Å². The first-order valence-corrected chi connectivity index (χ1v) is 13.7. The molecule has 1 aliphatic heterocycles. The summed E-state index contributed by atoms with van der Waals surface area (Å²) in [6.07, 6.45) is 5.17. The van der Waals surface area contributed by atoms with Crippen molar-refractivity contribution in [3.05, 3.63) is 29.8 Å². The van der Waals surface area contributed by atoms with Crippen LogP contribution in [0.2, 0.25) is 0 Å². The largest absolute Gasteiger partial charge is 0.497 e. The van der Waals surface area contributed by atoms with E-state index >= 15 is 0 Å². The summed E-state index contributed by atoms with van der Waals surface area (Å²) in [6.45, 7) is 5.76. The third kappa shape index (κ3) is 8.63. The summed E-state index contributed by atoms with van der Waals surface area (Å²) in [5, 5.41) is 5.63. The zero-order chi connectivity index (χ0) is 27.7. The van der Waals surface area contributed by atoms with Crippen LogP contribution in [-0.2, 0) is 35.1 Å². The molecule has 210 valence electrons. The number of epoxide rings is 1. The second-order valence-electron chi connectivity index (χ2n) is 10.7. The van der Waals surface area contributed by atoms with Gasteiger partial charge >= 0.3 is 0 Å². The summed E-state index contributed by atoms with van der Waals surface area (Å²) in [5.41, 5.74) is 0.0138. The van der Waals surface area contributed by atoms with E-state index in [-0.39, 0.29) is 36.4 Å². The number of hydrogen-bond donors (Lipinski definition) is 2. The first kappa shape index (κ1) is 29.8. The smallest absolute Gasteiger partial charge is 0.246 e. The highest BCUT2D eigenvalue weighted by Crippen LogP contribution is 2.33. The van der Waals surface area contributed by atoms with Crippen LogP contribution in [-0.4, -0.2) is 68.0 Å². The minimum Gasteiger partial charge on any atom is -0.497 e. The van der Waals surface area contributed by atoms with Crippen molar-refractivity contribution in [2.24, 2.45) is 11.8 Å². The van der Waals surface area contributed by atoms with Crippen molar-refractivity contribution in [3.63, 3.8) is 0 Å². The number of benzene rings is 1. The molecule has 0 aromatic heterocycles. The van der Waals surface area contributed by atoms with Gasteiger partial charge in [-0.25, -0.2) is 0 Å². The quantitative estimate of drug-likeness (QED) is 0.315. The van der Waals surface area contributed by atoms with Crippen LogP contribution < -0.4 is 15.4 Å². The molecule has 4 atom stereocenters. The highest BCUT2D eigenvalue weighted by atomic mass is 16.6. The molecular weight excluding hydrogens is 488 g/mol. The van der Waals surface area contributed by atoms with Gasteiger partial charge in [-0.15, -0.1) is 0 Å². The summed E-state index contributed by atoms with van der Waals surface area (Å²) in [5.74, 6) is -0.742. The Labute approximate surface area is 225 Å². The van der Waals surface area contributed by atoms with Crippen molar-refractivity contribution in [1.29, 1.82) is 0 Å². The van der Waals surface area contributed by atoms with Gasteiger partial charge in [0.25, 0.3) is 0 Å². The van der Waals surface area contributed by atoms with E-state index in [1.54, 1.807) is 40.0 Å². The molecule has 1 aromatic carbocycles. The van der Waals surface area contributed by atoms with E-state index in [2.05, 4.69) is 10.6 Å². The van der Waals surface area contributed by atoms with E-state index in [1.165, 1.54) is 0 Å². The number of nitrogens with one attached hydrogen (secondary N) is 2. The van der Waals surface area contributed by atoms with E-state index in [1.807, 2.05) is 12.1 Å². The average molecular weight is 531 g/mol. The molecule has 9 nitrogen and oxygen atoms in total. The number of rotatable bonds is 16. The maximum atomic E-state index is 13.6. The molecule has 2 fully saturated rings. The molecule has 2 amide bonds. The van der Waals surface area contributed by atoms with Gasteiger partial charge in [0.2, 0.25) is 11.8 Å². The Morgan fingerprint density at radius 1 is 1.11 bits per heavy atom. The molecular formula is C29H42N2O7. The van der Waals surface area contributed by atoms with Gasteiger partial charge in [-0.1, -0.05) is 37.8 Å². The molecule has 2 N–H and O–H groups in total. The van der Waals surface area contributed by atoms with E-state index in [0.717, 1.165) is 31.2 Å². The van der Waals surface area contributed by atoms with Gasteiger partial charge in [0.1, 0.15) is 18.0 Å². The van der Waals surface area contributed by atoms with Crippen LogP contribution in [0, 0.1) is 11.8 Å². The third-order valence-corrected chi connectivity index (χ3v) is 7.53. The number of hydrogen-bond acceptors (Lipinski definition) is 7. The van der Waals surface area contributed by atoms with Crippen molar-refractivity contribution >= 4 is 23.4 Å². The van der Waals surface area contributed by atoms with Gasteiger partial charge in [0.05, 0.1) is 25.8 Å². The topological polar surface area (TPSA) is 123 Å². The fourth-order valence-corrected chi connectivity index (χ4v) is 5.00. The number of methoxy groups -OCH3 is 1. The lowest BCUT2D eigenvalue weighted by molar-refractivity contribution is -0.135. The molecule has 0 bridgehead atoms. The fraction of sp³-hybridized carbons (Fsp3) is 0.655. The molecule has 1 heterocycles. The molecule has 0 radical (unpaired) electrons. The van der Waals surface area contributed by atoms with Crippen molar-refractivity contribution in [3.8, 4) is 5.75 Å². The average Bonchev–Trinajstić information content (AvgIpc) is 3.45. The third-order valence-electron chi connectivity index (χ3n) is 7.53. The van der Waals surface area contributed by atoms with Crippen molar-refractivity contribution in [2.45, 2.75) is 83.4 Å². The predicted octanol–water partition coefficient (Wildman–Crippen LogP) is 2.78. The van der Waals surface area contributed by atoms with Gasteiger partial charge in [-0.05, 0) is 57.2 Å². The molecule has 1 aliphatic carbocycles. The van der Waals surface area contributed by atoms with Crippen LogP contribution in [0.25, 0.3) is 0 Å². The SMILES string of the molecule is CCOCC(=O)N[C@H](C)C(=O)C[C@@H](Cc1ccc(OC)cc1)C(=O)N[C@@H](CC1CCCC1)C(=O)[C@@]1(C)CO1. The lowest BCUT2D eigenvalue weighted by atomic mass is 9.88. The van der Waals surface area contributed by atoms with Crippen LogP contribution >= 0.6 is 0 Å². The van der Waals surface area contributed by atoms with Gasteiger partial charge in [0, 0.05) is 18.9 Å². The Morgan fingerprint density at radius 2 is 1.76 bits per heavy atom. The summed E-state index contributed by atoms with van der Waals surface area (Å²) in [6, 6.07) is 5.90. The van der Waals surface area contributed by atoms with E-state index in [9.17, 15) is 19.2 Å². The highest BCUT2D eigenvalue weighted by Gasteiger charge is 2.50. The van der Waals surface area contributed by atoms with E-state index < -0.39 is 23.6 Å². The van der Waals surface area contributed by atoms with Gasteiger partial charge in [-0.3, -0.25) is 19.2 Å². The summed E-state index contributed by atoms with van der Waals surface area (Å²) in [7, 11) is 1.58. The molecule has 2 aliphatic rings. The van der Waals surface area contributed by atoms with Gasteiger partial charge in [0.15, 0.2) is 11.6 Å². The minimum atomic E-state index is -0.850. The van der Waals surface area contributed by atoms with E-state index in [0.29, 0.717) is 37.7 Å². The molecule has 0 unspecified atom stereocenters. The Hall–Kier alpha value is -2.78. The predicted molar refractivity (Wildman–Crippen MR) is 142 cm³/mol. The summed E-state index contributed by atoms with van der Waals surface area (Å²) >= 11 is 0. The molecule has 38 heavy (non-hydrogen) atoms. The standard InChI is InChI=1S/C29H42N2O7/c1-5-37-17-26(33)30-19(2)25(32)16-22(14-21-10-12-23(36-4)13-11-21)28(35)31-24(15-20-8-6-7-9-20)27(34)29(3)18-38-29/h10-13,19-20,22,24H,5-9,14-18H2,1-4H3,(H,30,33)(H,31,35)/t19-,22-,24+,29-/m1/s1. The first-order chi connectivity index (χ1) is 18.1. The number of amides is 2. The molecule has 3 rings (SSSR count). The molecule has 1 saturated heterocycles. The number of Topliss-reactive ketones (excluding diaryl/α,β-unsaturated/α-hetero) is 2. The van der Waals surface area contributed by atoms with Crippen LogP contribution in [0.1, 0.15) is 64.9 Å². The Balaban J connectivity index is 1.74. The normalized spacial score (nSPS) is 21.3. The molecule has 1 saturated carbocycles. The Kier molecular flexibility index (Phi) is 10.8. The minimum absolute atomic E-state index is 0.0773. The number of carbonyl (C=O) groups is 4. The van der Waals surface area contributed by atoms with Crippen molar-refractivity contribution in [1.82, 2.24) is 10.6 Å². The van der Waals surface area contributed by atoms with Crippen LogP contribution in [0.15, 0.2) is 24.3 Å². The zero-order valence-corrected chi connectivity index (χ0v) is 23.0. The number of ketones is 2. The molecule has 1 aromatic rings. The maximum Gasteiger partial charge on any atom is 0.246 e. The van der Waals surface area contributed by atoms with Gasteiger partial charge < -0.3 is 24.8 Å². The van der Waals surface area contributed by atoms with Crippen LogP contribution in [0.4, 0.5) is 0 Å². The first-order valence-electron chi connectivity index (χ1n) is 13.7.